The molecule has 1 heterocycles. The molecule has 3 aromatic carbocycles. The second-order valence-electron chi connectivity index (χ2n) is 11.0. The van der Waals surface area contributed by atoms with E-state index in [0.29, 0.717) is 6.42 Å². The number of carboxylic acids is 1. The van der Waals surface area contributed by atoms with Crippen LogP contribution in [0.4, 0.5) is 5.69 Å². The summed E-state index contributed by atoms with van der Waals surface area (Å²) in [6.45, 7) is 0.583. The van der Waals surface area contributed by atoms with Gasteiger partial charge in [0.05, 0.1) is 38.7 Å². The Bertz CT molecular complexity index is 1600. The lowest BCUT2D eigenvalue weighted by Gasteiger charge is -2.40. The van der Waals surface area contributed by atoms with E-state index in [1.807, 2.05) is 30.3 Å². The van der Waals surface area contributed by atoms with Crippen molar-refractivity contribution in [1.29, 1.82) is 0 Å². The summed E-state index contributed by atoms with van der Waals surface area (Å²) in [5.74, 6) is -4.59. The standard InChI is InChI=1S/C33H39NO15/c1-16(14-35)34-20-13-22(21(44-2)11-18(20)31(41)42)48-33-29(40)28(39)26(37)24(49-33)15-47-32(43)19-12-23(45-3)27(38)30(25(19)36)46-10-9-17-7-5-4-6-8-17/h4-8,11-13,16,24,26,28-29,33-40H,9-10,14-15H2,1-3H3,(H,41,42)/t16-,24-,26-,28+,29-,33-/m1/s1. The number of carboxylic acid groups (broad SMARTS) is 1. The maximum atomic E-state index is 13.1. The Labute approximate surface area is 280 Å². The highest BCUT2D eigenvalue weighted by molar-refractivity contribution is 5.96. The number of hydrogen-bond acceptors (Lipinski definition) is 15. The number of ether oxygens (including phenoxy) is 6. The molecule has 4 rings (SSSR count). The van der Waals surface area contributed by atoms with Crippen molar-refractivity contribution in [2.75, 3.05) is 39.4 Å². The van der Waals surface area contributed by atoms with E-state index in [0.717, 1.165) is 17.7 Å². The number of nitrogens with one attached hydrogen (secondary N) is 1. The van der Waals surface area contributed by atoms with E-state index in [1.165, 1.54) is 20.3 Å². The zero-order valence-electron chi connectivity index (χ0n) is 26.8. The maximum absolute atomic E-state index is 13.1. The molecule has 3 aromatic rings. The predicted octanol–water partition coefficient (Wildman–Crippen LogP) is 1.27. The van der Waals surface area contributed by atoms with Crippen molar-refractivity contribution in [2.24, 2.45) is 0 Å². The van der Waals surface area contributed by atoms with E-state index >= 15 is 0 Å². The molecule has 0 spiro atoms. The summed E-state index contributed by atoms with van der Waals surface area (Å²) in [5.41, 5.74) is 0.291. The monoisotopic (exact) mass is 689 g/mol. The Hall–Kier alpha value is -5.00. The molecule has 0 amide bonds. The van der Waals surface area contributed by atoms with Gasteiger partial charge in [-0.1, -0.05) is 30.3 Å². The van der Waals surface area contributed by atoms with E-state index in [4.69, 9.17) is 28.4 Å². The Kier molecular flexibility index (Phi) is 12.3. The third-order valence-electron chi connectivity index (χ3n) is 7.61. The molecule has 0 radical (unpaired) electrons. The highest BCUT2D eigenvalue weighted by Gasteiger charge is 2.46. The van der Waals surface area contributed by atoms with Gasteiger partial charge in [0.15, 0.2) is 23.0 Å². The molecule has 1 saturated heterocycles. The number of aliphatic hydroxyl groups excluding tert-OH is 4. The Morgan fingerprint density at radius 3 is 2.20 bits per heavy atom. The molecule has 16 heteroatoms. The van der Waals surface area contributed by atoms with Crippen LogP contribution in [-0.2, 0) is 15.9 Å². The lowest BCUT2D eigenvalue weighted by Crippen LogP contribution is -2.60. The van der Waals surface area contributed by atoms with Crippen LogP contribution in [0.1, 0.15) is 33.2 Å². The van der Waals surface area contributed by atoms with Crippen molar-refractivity contribution in [2.45, 2.75) is 50.1 Å². The lowest BCUT2D eigenvalue weighted by atomic mass is 9.99. The molecule has 0 bridgehead atoms. The SMILES string of the molecule is COc1cc(C(=O)O)c(N[C@H](C)CO)cc1O[C@@H]1O[C@H](COC(=O)c2cc(OC)c(O)c(OCCc3ccccc3)c2O)[C@@H](O)[C@H](O)[C@H]1O. The Balaban J connectivity index is 1.51. The number of aromatic carboxylic acids is 1. The van der Waals surface area contributed by atoms with Crippen molar-refractivity contribution in [3.05, 3.63) is 65.2 Å². The fraction of sp³-hybridized carbons (Fsp3) is 0.394. The number of phenols is 2. The third-order valence-corrected chi connectivity index (χ3v) is 7.61. The van der Waals surface area contributed by atoms with Crippen molar-refractivity contribution >= 4 is 17.6 Å². The molecule has 1 aliphatic rings. The number of aliphatic hydroxyl groups is 4. The molecule has 0 aliphatic carbocycles. The van der Waals surface area contributed by atoms with Crippen molar-refractivity contribution in [1.82, 2.24) is 0 Å². The first kappa shape index (κ1) is 36.8. The molecule has 0 unspecified atom stereocenters. The van der Waals surface area contributed by atoms with Crippen molar-refractivity contribution in [3.8, 4) is 34.5 Å². The summed E-state index contributed by atoms with van der Waals surface area (Å²) in [6, 6.07) is 12.1. The van der Waals surface area contributed by atoms with Gasteiger partial charge in [-0.05, 0) is 12.5 Å². The number of methoxy groups -OCH3 is 2. The van der Waals surface area contributed by atoms with Crippen molar-refractivity contribution in [3.63, 3.8) is 0 Å². The van der Waals surface area contributed by atoms with E-state index in [2.05, 4.69) is 5.32 Å². The van der Waals surface area contributed by atoms with E-state index in [9.17, 15) is 45.3 Å². The topological polar surface area (TPSA) is 243 Å². The summed E-state index contributed by atoms with van der Waals surface area (Å²) in [6.07, 6.45) is -8.22. The zero-order chi connectivity index (χ0) is 35.8. The van der Waals surface area contributed by atoms with Crippen LogP contribution in [0.5, 0.6) is 34.5 Å². The second-order valence-corrected chi connectivity index (χ2v) is 11.0. The average Bonchev–Trinajstić information content (AvgIpc) is 3.09. The highest BCUT2D eigenvalue weighted by atomic mass is 16.7. The number of carbonyl (C=O) groups excluding carboxylic acids is 1. The number of carbonyl (C=O) groups is 2. The van der Waals surface area contributed by atoms with E-state index in [1.54, 1.807) is 6.92 Å². The van der Waals surface area contributed by atoms with Gasteiger partial charge in [-0.15, -0.1) is 0 Å². The largest absolute Gasteiger partial charge is 0.504 e. The van der Waals surface area contributed by atoms with Gasteiger partial charge in [0, 0.05) is 30.7 Å². The Morgan fingerprint density at radius 2 is 1.57 bits per heavy atom. The molecule has 8 N–H and O–H groups in total. The van der Waals surface area contributed by atoms with Crippen LogP contribution in [0.2, 0.25) is 0 Å². The van der Waals surface area contributed by atoms with Crippen LogP contribution >= 0.6 is 0 Å². The highest BCUT2D eigenvalue weighted by Crippen LogP contribution is 2.46. The van der Waals surface area contributed by atoms with E-state index in [-0.39, 0.29) is 41.7 Å². The van der Waals surface area contributed by atoms with Crippen LogP contribution in [0.15, 0.2) is 48.5 Å². The first-order valence-corrected chi connectivity index (χ1v) is 15.1. The molecule has 0 aromatic heterocycles. The normalized spacial score (nSPS) is 20.9. The molecule has 1 aliphatic heterocycles. The van der Waals surface area contributed by atoms with Crippen molar-refractivity contribution < 1.29 is 73.8 Å². The number of hydrogen-bond donors (Lipinski definition) is 8. The predicted molar refractivity (Wildman–Crippen MR) is 170 cm³/mol. The minimum Gasteiger partial charge on any atom is -0.504 e. The van der Waals surface area contributed by atoms with Gasteiger partial charge in [-0.2, -0.15) is 0 Å². The summed E-state index contributed by atoms with van der Waals surface area (Å²) < 4.78 is 32.7. The summed E-state index contributed by atoms with van der Waals surface area (Å²) >= 11 is 0. The van der Waals surface area contributed by atoms with Gasteiger partial charge >= 0.3 is 11.9 Å². The smallest absolute Gasteiger partial charge is 0.342 e. The third kappa shape index (κ3) is 8.54. The number of aromatic hydroxyl groups is 2. The molecule has 49 heavy (non-hydrogen) atoms. The molecule has 16 nitrogen and oxygen atoms in total. The first-order chi connectivity index (χ1) is 23.4. The molecule has 1 fully saturated rings. The van der Waals surface area contributed by atoms with Crippen LogP contribution < -0.4 is 24.3 Å². The van der Waals surface area contributed by atoms with Gasteiger partial charge in [0.25, 0.3) is 0 Å². The van der Waals surface area contributed by atoms with Gasteiger partial charge < -0.3 is 69.5 Å². The molecule has 266 valence electrons. The molecular weight excluding hydrogens is 650 g/mol. The van der Waals surface area contributed by atoms with Crippen LogP contribution in [0.25, 0.3) is 0 Å². The van der Waals surface area contributed by atoms with Crippen LogP contribution in [0, 0.1) is 0 Å². The van der Waals surface area contributed by atoms with Crippen LogP contribution in [0.3, 0.4) is 0 Å². The van der Waals surface area contributed by atoms with Crippen LogP contribution in [-0.4, -0.2) is 118 Å². The first-order valence-electron chi connectivity index (χ1n) is 15.1. The number of phenolic OH excluding ortho intramolecular Hbond substituents is 2. The quantitative estimate of drug-likeness (QED) is 0.105. The number of rotatable bonds is 15. The zero-order valence-corrected chi connectivity index (χ0v) is 26.8. The second kappa shape index (κ2) is 16.4. The summed E-state index contributed by atoms with van der Waals surface area (Å²) in [4.78, 5) is 25.0. The lowest BCUT2D eigenvalue weighted by molar-refractivity contribution is -0.277. The number of anilines is 1. The molecular formula is C33H39NO15. The van der Waals surface area contributed by atoms with Gasteiger partial charge in [0.1, 0.15) is 36.6 Å². The molecule has 6 atom stereocenters. The fourth-order valence-electron chi connectivity index (χ4n) is 4.91. The van der Waals surface area contributed by atoms with Gasteiger partial charge in [-0.3, -0.25) is 0 Å². The summed E-state index contributed by atoms with van der Waals surface area (Å²) in [7, 11) is 2.47. The van der Waals surface area contributed by atoms with E-state index < -0.39 is 78.1 Å². The van der Waals surface area contributed by atoms with Gasteiger partial charge in [0.2, 0.25) is 17.8 Å². The number of esters is 1. The minimum absolute atomic E-state index is 0.0261. The fourth-order valence-corrected chi connectivity index (χ4v) is 4.91. The number of benzene rings is 3. The van der Waals surface area contributed by atoms with Gasteiger partial charge in [-0.25, -0.2) is 9.59 Å². The molecule has 0 saturated carbocycles. The maximum Gasteiger partial charge on any atom is 0.342 e. The Morgan fingerprint density at radius 1 is 0.898 bits per heavy atom. The minimum atomic E-state index is -1.86. The average molecular weight is 690 g/mol. The summed E-state index contributed by atoms with van der Waals surface area (Å²) in [5, 5.41) is 75.2.